The highest BCUT2D eigenvalue weighted by Gasteiger charge is 2.90. The van der Waals surface area contributed by atoms with Crippen LogP contribution in [0.25, 0.3) is 0 Å². The van der Waals surface area contributed by atoms with Crippen LogP contribution in [0.15, 0.2) is 0 Å². The van der Waals surface area contributed by atoms with Crippen LogP contribution < -0.4 is 0 Å². The molecule has 4 rings (SSSR count). The fourth-order valence-corrected chi connectivity index (χ4v) is 8.37. The van der Waals surface area contributed by atoms with Crippen LogP contribution in [0.3, 0.4) is 0 Å². The predicted octanol–water partition coefficient (Wildman–Crippen LogP) is -1.19. The molecule has 272 valence electrons. The Balaban J connectivity index is 2.18. The van der Waals surface area contributed by atoms with Gasteiger partial charge < -0.3 is 58.3 Å². The second-order valence-electron chi connectivity index (χ2n) is 14.0. The van der Waals surface area contributed by atoms with E-state index in [0.29, 0.717) is 0 Å². The Hall–Kier alpha value is -2.93. The first-order valence-corrected chi connectivity index (χ1v) is 15.6. The smallest absolute Gasteiger partial charge is 0.303 e. The van der Waals surface area contributed by atoms with Crippen LogP contribution in [0.2, 0.25) is 0 Å². The number of rotatable bonds is 7. The molecule has 4 aliphatic rings. The molecule has 2 bridgehead atoms. The number of carbonyl (C=O) groups is 5. The lowest BCUT2D eigenvalue weighted by atomic mass is 9.46. The van der Waals surface area contributed by atoms with E-state index in [1.165, 1.54) is 20.8 Å². The van der Waals surface area contributed by atoms with E-state index < -0.39 is 125 Å². The van der Waals surface area contributed by atoms with Gasteiger partial charge in [0.15, 0.2) is 30.2 Å². The van der Waals surface area contributed by atoms with Crippen molar-refractivity contribution in [2.45, 2.75) is 153 Å². The molecule has 48 heavy (non-hydrogen) atoms. The minimum atomic E-state index is -2.66. The van der Waals surface area contributed by atoms with E-state index in [4.69, 9.17) is 37.9 Å². The third-order valence-corrected chi connectivity index (χ3v) is 9.92. The zero-order chi connectivity index (χ0) is 36.5. The van der Waals surface area contributed by atoms with Crippen molar-refractivity contribution >= 4 is 29.8 Å². The van der Waals surface area contributed by atoms with Crippen LogP contribution in [0, 0.1) is 11.3 Å². The molecule has 17 heteroatoms. The zero-order valence-electron chi connectivity index (χ0n) is 28.5. The normalized spacial score (nSPS) is 44.0. The van der Waals surface area contributed by atoms with E-state index >= 15 is 0 Å². The highest BCUT2D eigenvalue weighted by Crippen LogP contribution is 2.69. The van der Waals surface area contributed by atoms with Gasteiger partial charge in [0, 0.05) is 40.0 Å². The molecule has 0 radical (unpaired) electrons. The summed E-state index contributed by atoms with van der Waals surface area (Å²) in [4.78, 5) is 64.3. The lowest BCUT2D eigenvalue weighted by Crippen LogP contribution is -2.89. The third-order valence-electron chi connectivity index (χ3n) is 9.92. The van der Waals surface area contributed by atoms with Crippen LogP contribution >= 0.6 is 0 Å². The summed E-state index contributed by atoms with van der Waals surface area (Å²) >= 11 is 0. The van der Waals surface area contributed by atoms with Gasteiger partial charge in [-0.3, -0.25) is 24.0 Å². The van der Waals surface area contributed by atoms with Gasteiger partial charge in [0.25, 0.3) is 0 Å². The third kappa shape index (κ3) is 5.66. The maximum Gasteiger partial charge on any atom is 0.303 e. The molecule has 2 heterocycles. The lowest BCUT2D eigenvalue weighted by Gasteiger charge is -2.68. The monoisotopic (exact) mass is 690 g/mol. The van der Waals surface area contributed by atoms with Gasteiger partial charge in [-0.05, 0) is 20.8 Å². The highest BCUT2D eigenvalue weighted by atomic mass is 16.7. The first-order valence-electron chi connectivity index (χ1n) is 15.6. The summed E-state index contributed by atoms with van der Waals surface area (Å²) < 4.78 is 48.1. The van der Waals surface area contributed by atoms with Gasteiger partial charge >= 0.3 is 29.8 Å². The number of carbonyl (C=O) groups excluding carboxylic acids is 5. The van der Waals surface area contributed by atoms with Gasteiger partial charge in [0.1, 0.15) is 30.5 Å². The molecule has 0 amide bonds. The fourth-order valence-electron chi connectivity index (χ4n) is 8.37. The Morgan fingerprint density at radius 2 is 1.12 bits per heavy atom. The van der Waals surface area contributed by atoms with Gasteiger partial charge in [-0.25, -0.2) is 0 Å². The van der Waals surface area contributed by atoms with Crippen molar-refractivity contribution in [3.05, 3.63) is 0 Å². The molecule has 2 aliphatic carbocycles. The Morgan fingerprint density at radius 1 is 0.625 bits per heavy atom. The van der Waals surface area contributed by atoms with Crippen LogP contribution in [0.1, 0.15) is 69.2 Å². The molecule has 0 unspecified atom stereocenters. The molecule has 0 aromatic heterocycles. The van der Waals surface area contributed by atoms with Crippen molar-refractivity contribution in [1.29, 1.82) is 0 Å². The average Bonchev–Trinajstić information content (AvgIpc) is 3.12. The Morgan fingerprint density at radius 3 is 1.62 bits per heavy atom. The van der Waals surface area contributed by atoms with Crippen molar-refractivity contribution in [3.8, 4) is 0 Å². The number of ether oxygens (including phenoxy) is 8. The standard InChI is InChI=1S/C31H46O17/c1-11-18(37)19(38)20(39)27(41-11)46-26-22(43-13(3)33)24(44-14(4)34)28(7,8)31-23(40)17(29(9,10)48-31)21(42-12(2)32)25(45-15(5)35)30(26,31)47-16(6)36/h11,17-27,37-40H,1-10H3/t11-,17-,18+,19+,20-,21-,22+,23-,24+,25-,26+,27-,30+,31+/m1/s1. The predicted molar refractivity (Wildman–Crippen MR) is 155 cm³/mol. The van der Waals surface area contributed by atoms with Crippen molar-refractivity contribution in [1.82, 2.24) is 0 Å². The summed E-state index contributed by atoms with van der Waals surface area (Å²) in [5.74, 6) is -5.90. The molecule has 0 aromatic carbocycles. The first kappa shape index (κ1) is 37.9. The molecule has 17 nitrogen and oxygen atoms in total. The Labute approximate surface area is 277 Å². The number of aliphatic hydroxyl groups is 4. The van der Waals surface area contributed by atoms with Gasteiger partial charge in [0.2, 0.25) is 5.60 Å². The number of fused-ring (bicyclic) bond motifs is 1. The summed E-state index contributed by atoms with van der Waals surface area (Å²) in [7, 11) is 0. The molecule has 4 N–H and O–H groups in total. The SMILES string of the molecule is CC(=O)O[C@@H]1[C@@H]2[C@@H](O)[C@]3(OC2(C)C)C(C)(C)[C@@H](OC(C)=O)[C@H](OC(C)=O)[C@H](O[C@H]2O[C@H](C)[C@H](O)[C@H](O)[C@H]2O)[C@@]3(OC(C)=O)[C@@H]1OC(C)=O. The van der Waals surface area contributed by atoms with Crippen molar-refractivity contribution in [2.75, 3.05) is 0 Å². The molecule has 0 aromatic rings. The number of aliphatic hydroxyl groups excluding tert-OH is 4. The maximum atomic E-state index is 13.3. The van der Waals surface area contributed by atoms with E-state index in [9.17, 15) is 44.4 Å². The molecular formula is C31H46O17. The number of hydrogen-bond donors (Lipinski definition) is 4. The summed E-state index contributed by atoms with van der Waals surface area (Å²) in [6.07, 6.45) is -19.2. The summed E-state index contributed by atoms with van der Waals surface area (Å²) in [6.45, 7) is 12.6. The number of esters is 5. The maximum absolute atomic E-state index is 13.3. The second kappa shape index (κ2) is 12.8. The molecule has 4 fully saturated rings. The van der Waals surface area contributed by atoms with Crippen molar-refractivity contribution in [3.63, 3.8) is 0 Å². The van der Waals surface area contributed by atoms with E-state index in [0.717, 1.165) is 34.6 Å². The second-order valence-corrected chi connectivity index (χ2v) is 14.0. The van der Waals surface area contributed by atoms with Crippen molar-refractivity contribution < 1.29 is 82.3 Å². The summed E-state index contributed by atoms with van der Waals surface area (Å²) in [6, 6.07) is 0. The van der Waals surface area contributed by atoms with E-state index in [1.54, 1.807) is 13.8 Å². The van der Waals surface area contributed by atoms with Crippen LogP contribution in [0.5, 0.6) is 0 Å². The molecule has 1 spiro atoms. The van der Waals surface area contributed by atoms with Gasteiger partial charge in [-0.15, -0.1) is 0 Å². The van der Waals surface area contributed by atoms with E-state index in [1.807, 2.05) is 0 Å². The average molecular weight is 691 g/mol. The fraction of sp³-hybridized carbons (Fsp3) is 0.839. The largest absolute Gasteiger partial charge is 0.458 e. The summed E-state index contributed by atoms with van der Waals surface area (Å²) in [5.41, 5.74) is -8.18. The molecule has 14 atom stereocenters. The first-order chi connectivity index (χ1) is 22.0. The van der Waals surface area contributed by atoms with Crippen LogP contribution in [-0.4, -0.2) is 134 Å². The minimum absolute atomic E-state index is 0.866. The topological polar surface area (TPSA) is 240 Å². The van der Waals surface area contributed by atoms with E-state index in [2.05, 4.69) is 0 Å². The van der Waals surface area contributed by atoms with Gasteiger partial charge in [-0.1, -0.05) is 13.8 Å². The zero-order valence-corrected chi connectivity index (χ0v) is 28.5. The Bertz CT molecular complexity index is 1310. The van der Waals surface area contributed by atoms with Crippen LogP contribution in [-0.2, 0) is 61.9 Å². The van der Waals surface area contributed by atoms with Crippen molar-refractivity contribution in [2.24, 2.45) is 11.3 Å². The molecular weight excluding hydrogens is 644 g/mol. The summed E-state index contributed by atoms with van der Waals surface area (Å²) in [5, 5.41) is 44.6. The van der Waals surface area contributed by atoms with Gasteiger partial charge in [0.05, 0.1) is 23.7 Å². The lowest BCUT2D eigenvalue weighted by molar-refractivity contribution is -0.410. The minimum Gasteiger partial charge on any atom is -0.458 e. The van der Waals surface area contributed by atoms with E-state index in [-0.39, 0.29) is 0 Å². The molecule has 2 saturated carbocycles. The number of hydrogen-bond acceptors (Lipinski definition) is 17. The van der Waals surface area contributed by atoms with Gasteiger partial charge in [-0.2, -0.15) is 0 Å². The highest BCUT2D eigenvalue weighted by molar-refractivity contribution is 5.71. The Kier molecular flexibility index (Phi) is 10.1. The molecule has 2 saturated heterocycles. The molecule has 2 aliphatic heterocycles. The quantitative estimate of drug-likeness (QED) is 0.181. The van der Waals surface area contributed by atoms with Crippen LogP contribution in [0.4, 0.5) is 0 Å².